The average Bonchev–Trinajstić information content (AvgIpc) is 2.80. The number of pyridine rings is 1. The van der Waals surface area contributed by atoms with E-state index in [2.05, 4.69) is 39.0 Å². The molecule has 0 N–H and O–H groups in total. The zero-order chi connectivity index (χ0) is 20.1. The molecular weight excluding hydrogens is 360 g/mol. The largest absolute Gasteiger partial charge is 0.369 e. The number of aromatic nitrogens is 1. The van der Waals surface area contributed by atoms with Crippen molar-refractivity contribution in [2.75, 3.05) is 43.0 Å². The molecule has 2 heterocycles. The van der Waals surface area contributed by atoms with E-state index >= 15 is 0 Å². The SMILES string of the molecule is CN(Cc1ccccc1)c1ccc(C(=O)N2CCN(c3ccccc3)CC2)nc1. The Morgan fingerprint density at radius 2 is 1.55 bits per heavy atom. The Morgan fingerprint density at radius 3 is 2.17 bits per heavy atom. The third-order valence-electron chi connectivity index (χ3n) is 5.36. The maximum Gasteiger partial charge on any atom is 0.272 e. The molecule has 0 atom stereocenters. The number of hydrogen-bond acceptors (Lipinski definition) is 4. The van der Waals surface area contributed by atoms with Gasteiger partial charge in [-0.2, -0.15) is 0 Å². The Bertz CT molecular complexity index is 920. The highest BCUT2D eigenvalue weighted by Crippen LogP contribution is 2.18. The van der Waals surface area contributed by atoms with Gasteiger partial charge in [0.15, 0.2) is 0 Å². The lowest BCUT2D eigenvalue weighted by Crippen LogP contribution is -2.49. The van der Waals surface area contributed by atoms with E-state index in [0.717, 1.165) is 25.3 Å². The van der Waals surface area contributed by atoms with Crippen LogP contribution in [0.1, 0.15) is 16.1 Å². The predicted molar refractivity (Wildman–Crippen MR) is 117 cm³/mol. The van der Waals surface area contributed by atoms with E-state index in [4.69, 9.17) is 0 Å². The summed E-state index contributed by atoms with van der Waals surface area (Å²) in [6, 6.07) is 24.5. The van der Waals surface area contributed by atoms with Crippen LogP contribution in [0.4, 0.5) is 11.4 Å². The smallest absolute Gasteiger partial charge is 0.272 e. The maximum absolute atomic E-state index is 12.8. The van der Waals surface area contributed by atoms with Crippen molar-refractivity contribution in [2.24, 2.45) is 0 Å². The van der Waals surface area contributed by atoms with Gasteiger partial charge < -0.3 is 14.7 Å². The fourth-order valence-corrected chi connectivity index (χ4v) is 3.66. The van der Waals surface area contributed by atoms with Gasteiger partial charge in [-0.05, 0) is 29.8 Å². The lowest BCUT2D eigenvalue weighted by molar-refractivity contribution is 0.0741. The van der Waals surface area contributed by atoms with Crippen LogP contribution in [0, 0.1) is 0 Å². The van der Waals surface area contributed by atoms with Gasteiger partial charge in [-0.25, -0.2) is 4.98 Å². The Morgan fingerprint density at radius 1 is 0.897 bits per heavy atom. The molecule has 0 bridgehead atoms. The van der Waals surface area contributed by atoms with Crippen LogP contribution in [0.15, 0.2) is 79.0 Å². The first-order valence-corrected chi connectivity index (χ1v) is 10.0. The molecule has 1 aromatic heterocycles. The first-order chi connectivity index (χ1) is 14.2. The van der Waals surface area contributed by atoms with E-state index in [1.165, 1.54) is 11.3 Å². The van der Waals surface area contributed by atoms with Gasteiger partial charge >= 0.3 is 0 Å². The Kier molecular flexibility index (Phi) is 5.75. The van der Waals surface area contributed by atoms with Crippen LogP contribution in [0.25, 0.3) is 0 Å². The minimum Gasteiger partial charge on any atom is -0.369 e. The van der Waals surface area contributed by atoms with Crippen LogP contribution in [-0.4, -0.2) is 49.0 Å². The quantitative estimate of drug-likeness (QED) is 0.671. The van der Waals surface area contributed by atoms with Crippen LogP contribution in [-0.2, 0) is 6.54 Å². The molecule has 1 fully saturated rings. The van der Waals surface area contributed by atoms with Crippen molar-refractivity contribution in [1.29, 1.82) is 0 Å². The fourth-order valence-electron chi connectivity index (χ4n) is 3.66. The molecule has 0 saturated carbocycles. The van der Waals surface area contributed by atoms with E-state index in [-0.39, 0.29) is 5.91 Å². The summed E-state index contributed by atoms with van der Waals surface area (Å²) >= 11 is 0. The van der Waals surface area contributed by atoms with E-state index in [1.54, 1.807) is 6.20 Å². The highest BCUT2D eigenvalue weighted by atomic mass is 16.2. The Balaban J connectivity index is 1.35. The first-order valence-electron chi connectivity index (χ1n) is 10.0. The number of benzene rings is 2. The summed E-state index contributed by atoms with van der Waals surface area (Å²) < 4.78 is 0. The van der Waals surface area contributed by atoms with Crippen molar-refractivity contribution in [3.8, 4) is 0 Å². The lowest BCUT2D eigenvalue weighted by atomic mass is 10.2. The molecule has 5 heteroatoms. The molecule has 1 amide bonds. The van der Waals surface area contributed by atoms with Gasteiger partial charge in [0.25, 0.3) is 5.91 Å². The van der Waals surface area contributed by atoms with Crippen LogP contribution >= 0.6 is 0 Å². The molecule has 1 aliphatic rings. The molecule has 0 unspecified atom stereocenters. The topological polar surface area (TPSA) is 39.7 Å². The first kappa shape index (κ1) is 19.0. The molecule has 29 heavy (non-hydrogen) atoms. The van der Waals surface area contributed by atoms with Gasteiger partial charge in [-0.3, -0.25) is 4.79 Å². The molecule has 0 radical (unpaired) electrons. The Labute approximate surface area is 172 Å². The zero-order valence-corrected chi connectivity index (χ0v) is 16.7. The van der Waals surface area contributed by atoms with Gasteiger partial charge in [0.2, 0.25) is 0 Å². The molecule has 0 aliphatic carbocycles. The number of rotatable bonds is 5. The van der Waals surface area contributed by atoms with Crippen LogP contribution in [0.5, 0.6) is 0 Å². The normalized spacial score (nSPS) is 14.0. The second-order valence-electron chi connectivity index (χ2n) is 7.36. The molecule has 1 aliphatic heterocycles. The number of piperazine rings is 1. The van der Waals surface area contributed by atoms with Gasteiger partial charge in [-0.1, -0.05) is 48.5 Å². The van der Waals surface area contributed by atoms with Gasteiger partial charge in [0, 0.05) is 45.5 Å². The van der Waals surface area contributed by atoms with Crippen molar-refractivity contribution in [1.82, 2.24) is 9.88 Å². The number of para-hydroxylation sites is 1. The highest BCUT2D eigenvalue weighted by molar-refractivity contribution is 5.92. The number of carbonyl (C=O) groups is 1. The number of nitrogens with zero attached hydrogens (tertiary/aromatic N) is 4. The standard InChI is InChI=1S/C24H26N4O/c1-26(19-20-8-4-2-5-9-20)22-12-13-23(25-18-22)24(29)28-16-14-27(15-17-28)21-10-6-3-7-11-21/h2-13,18H,14-17,19H2,1H3. The highest BCUT2D eigenvalue weighted by Gasteiger charge is 2.23. The average molecular weight is 386 g/mol. The maximum atomic E-state index is 12.8. The van der Waals surface area contributed by atoms with Gasteiger partial charge in [-0.15, -0.1) is 0 Å². The minimum atomic E-state index is 0.00924. The van der Waals surface area contributed by atoms with Crippen LogP contribution in [0.3, 0.4) is 0 Å². The van der Waals surface area contributed by atoms with Gasteiger partial charge in [0.1, 0.15) is 5.69 Å². The van der Waals surface area contributed by atoms with E-state index in [9.17, 15) is 4.79 Å². The number of carbonyl (C=O) groups excluding carboxylic acids is 1. The van der Waals surface area contributed by atoms with Crippen molar-refractivity contribution < 1.29 is 4.79 Å². The molecular formula is C24H26N4O. The molecule has 3 aromatic rings. The summed E-state index contributed by atoms with van der Waals surface area (Å²) in [6.07, 6.45) is 1.79. The summed E-state index contributed by atoms with van der Waals surface area (Å²) in [4.78, 5) is 23.6. The summed E-state index contributed by atoms with van der Waals surface area (Å²) in [5.74, 6) is 0.00924. The molecule has 4 rings (SSSR count). The number of anilines is 2. The minimum absolute atomic E-state index is 0.00924. The summed E-state index contributed by atoms with van der Waals surface area (Å²) in [5, 5.41) is 0. The van der Waals surface area contributed by atoms with E-state index in [1.807, 2.05) is 60.5 Å². The second kappa shape index (κ2) is 8.78. The van der Waals surface area contributed by atoms with Crippen molar-refractivity contribution in [3.63, 3.8) is 0 Å². The van der Waals surface area contributed by atoms with Crippen molar-refractivity contribution in [3.05, 3.63) is 90.3 Å². The van der Waals surface area contributed by atoms with Crippen molar-refractivity contribution in [2.45, 2.75) is 6.54 Å². The van der Waals surface area contributed by atoms with E-state index < -0.39 is 0 Å². The fraction of sp³-hybridized carbons (Fsp3) is 0.250. The molecule has 5 nitrogen and oxygen atoms in total. The summed E-state index contributed by atoms with van der Waals surface area (Å²) in [6.45, 7) is 3.91. The lowest BCUT2D eigenvalue weighted by Gasteiger charge is -2.36. The second-order valence-corrected chi connectivity index (χ2v) is 7.36. The molecule has 2 aromatic carbocycles. The molecule has 1 saturated heterocycles. The third kappa shape index (κ3) is 4.57. The predicted octanol–water partition coefficient (Wildman–Crippen LogP) is 3.68. The monoisotopic (exact) mass is 386 g/mol. The molecule has 148 valence electrons. The summed E-state index contributed by atoms with van der Waals surface area (Å²) in [7, 11) is 2.04. The van der Waals surface area contributed by atoms with Crippen LogP contribution < -0.4 is 9.80 Å². The zero-order valence-electron chi connectivity index (χ0n) is 16.7. The van der Waals surface area contributed by atoms with Crippen molar-refractivity contribution >= 4 is 17.3 Å². The van der Waals surface area contributed by atoms with Crippen LogP contribution in [0.2, 0.25) is 0 Å². The molecule has 0 spiro atoms. The number of amides is 1. The Hall–Kier alpha value is -3.34. The van der Waals surface area contributed by atoms with E-state index in [0.29, 0.717) is 18.8 Å². The van der Waals surface area contributed by atoms with Gasteiger partial charge in [0.05, 0.1) is 11.9 Å². The third-order valence-corrected chi connectivity index (χ3v) is 5.36. The number of hydrogen-bond donors (Lipinski definition) is 0. The summed E-state index contributed by atoms with van der Waals surface area (Å²) in [5.41, 5.74) is 3.96.